The lowest BCUT2D eigenvalue weighted by Crippen LogP contribution is -2.24. The van der Waals surface area contributed by atoms with Crippen LogP contribution >= 0.6 is 11.8 Å². The average molecular weight is 435 g/mol. The summed E-state index contributed by atoms with van der Waals surface area (Å²) >= 11 is 1.39. The highest BCUT2D eigenvalue weighted by Gasteiger charge is 2.16. The topological polar surface area (TPSA) is 77.8 Å². The molecule has 2 aromatic carbocycles. The molecule has 1 aliphatic heterocycles. The standard InChI is InChI=1S/C23H22N4O3S/c1-13-4-6-17-8-14(2)22-25-26-23(27(22)21(17)15(13)3)31-11-20(28)24-10-16-5-7-18-19(9-16)30-12-29-18/h4-9H,10-12H2,1-3H3,(H,24,28). The van der Waals surface area contributed by atoms with Crippen molar-refractivity contribution in [1.82, 2.24) is 19.9 Å². The SMILES string of the molecule is Cc1ccc2cc(C)c3nnc(SCC(=O)NCc4ccc5c(c4)OCO5)n3c2c1C. The van der Waals surface area contributed by atoms with Gasteiger partial charge in [0.1, 0.15) is 0 Å². The number of hydrogen-bond acceptors (Lipinski definition) is 6. The maximum Gasteiger partial charge on any atom is 0.231 e. The fourth-order valence-electron chi connectivity index (χ4n) is 3.79. The van der Waals surface area contributed by atoms with Gasteiger partial charge < -0.3 is 14.8 Å². The predicted octanol–water partition coefficient (Wildman–Crippen LogP) is 3.94. The van der Waals surface area contributed by atoms with Crippen molar-refractivity contribution in [1.29, 1.82) is 0 Å². The van der Waals surface area contributed by atoms with Gasteiger partial charge in [0.15, 0.2) is 22.3 Å². The molecule has 0 bridgehead atoms. The lowest BCUT2D eigenvalue weighted by Gasteiger charge is -2.11. The van der Waals surface area contributed by atoms with E-state index in [9.17, 15) is 4.79 Å². The van der Waals surface area contributed by atoms with Crippen LogP contribution in [0.2, 0.25) is 0 Å². The summed E-state index contributed by atoms with van der Waals surface area (Å²) in [6.45, 7) is 6.91. The number of hydrogen-bond donors (Lipinski definition) is 1. The van der Waals surface area contributed by atoms with E-state index in [0.717, 1.165) is 38.6 Å². The molecule has 1 N–H and O–H groups in total. The molecule has 7 nitrogen and oxygen atoms in total. The molecule has 0 radical (unpaired) electrons. The van der Waals surface area contributed by atoms with Gasteiger partial charge >= 0.3 is 0 Å². The summed E-state index contributed by atoms with van der Waals surface area (Å²) in [5.41, 5.74) is 6.34. The Morgan fingerprint density at radius 3 is 2.77 bits per heavy atom. The Kier molecular flexibility index (Phi) is 4.94. The van der Waals surface area contributed by atoms with Gasteiger partial charge in [-0.2, -0.15) is 0 Å². The largest absolute Gasteiger partial charge is 0.454 e. The predicted molar refractivity (Wildman–Crippen MR) is 120 cm³/mol. The first kappa shape index (κ1) is 19.7. The summed E-state index contributed by atoms with van der Waals surface area (Å²) in [4.78, 5) is 12.5. The second-order valence-electron chi connectivity index (χ2n) is 7.67. The summed E-state index contributed by atoms with van der Waals surface area (Å²) in [6.07, 6.45) is 0. The van der Waals surface area contributed by atoms with Crippen LogP contribution in [0.25, 0.3) is 16.6 Å². The summed E-state index contributed by atoms with van der Waals surface area (Å²) in [6, 6.07) is 12.1. The fourth-order valence-corrected chi connectivity index (χ4v) is 4.55. The monoisotopic (exact) mass is 434 g/mol. The number of nitrogens with zero attached hydrogens (tertiary/aromatic N) is 3. The third kappa shape index (κ3) is 3.57. The first-order chi connectivity index (χ1) is 15.0. The lowest BCUT2D eigenvalue weighted by molar-refractivity contribution is -0.118. The van der Waals surface area contributed by atoms with Crippen LogP contribution in [0, 0.1) is 20.8 Å². The molecular weight excluding hydrogens is 412 g/mol. The van der Waals surface area contributed by atoms with Crippen molar-refractivity contribution in [2.75, 3.05) is 12.5 Å². The van der Waals surface area contributed by atoms with Crippen LogP contribution in [-0.2, 0) is 11.3 Å². The van der Waals surface area contributed by atoms with E-state index in [-0.39, 0.29) is 18.5 Å². The molecule has 0 spiro atoms. The van der Waals surface area contributed by atoms with E-state index in [1.807, 2.05) is 25.1 Å². The van der Waals surface area contributed by atoms with Crippen LogP contribution in [0.15, 0.2) is 41.6 Å². The molecule has 158 valence electrons. The molecule has 0 saturated carbocycles. The number of aromatic nitrogens is 3. The number of carbonyl (C=O) groups is 1. The number of rotatable bonds is 5. The van der Waals surface area contributed by atoms with Crippen molar-refractivity contribution < 1.29 is 14.3 Å². The zero-order valence-corrected chi connectivity index (χ0v) is 18.4. The Balaban J connectivity index is 1.34. The van der Waals surface area contributed by atoms with Crippen molar-refractivity contribution in [2.24, 2.45) is 0 Å². The number of nitrogens with one attached hydrogen (secondary N) is 1. The minimum absolute atomic E-state index is 0.0655. The molecule has 1 amide bonds. The molecule has 0 fully saturated rings. The molecule has 0 aliphatic carbocycles. The number of benzene rings is 2. The molecule has 3 heterocycles. The zero-order valence-electron chi connectivity index (χ0n) is 17.6. The van der Waals surface area contributed by atoms with Gasteiger partial charge in [-0.25, -0.2) is 0 Å². The number of aryl methyl sites for hydroxylation is 3. The molecule has 0 saturated heterocycles. The van der Waals surface area contributed by atoms with Crippen LogP contribution in [0.3, 0.4) is 0 Å². The van der Waals surface area contributed by atoms with E-state index in [4.69, 9.17) is 9.47 Å². The van der Waals surface area contributed by atoms with Gasteiger partial charge in [-0.3, -0.25) is 9.20 Å². The Bertz CT molecular complexity index is 1330. The lowest BCUT2D eigenvalue weighted by atomic mass is 10.0. The minimum Gasteiger partial charge on any atom is -0.454 e. The first-order valence-electron chi connectivity index (χ1n) is 10.0. The number of carbonyl (C=O) groups excluding carboxylic acids is 1. The Morgan fingerprint density at radius 2 is 1.90 bits per heavy atom. The number of pyridine rings is 1. The third-order valence-electron chi connectivity index (χ3n) is 5.57. The van der Waals surface area contributed by atoms with Gasteiger partial charge in [0.05, 0.1) is 11.3 Å². The molecule has 31 heavy (non-hydrogen) atoms. The molecule has 8 heteroatoms. The van der Waals surface area contributed by atoms with Crippen molar-refractivity contribution in [3.05, 3.63) is 58.7 Å². The highest BCUT2D eigenvalue weighted by Crippen LogP contribution is 2.32. The van der Waals surface area contributed by atoms with Crippen molar-refractivity contribution in [3.8, 4) is 11.5 Å². The van der Waals surface area contributed by atoms with Crippen LogP contribution in [0.5, 0.6) is 11.5 Å². The molecular formula is C23H22N4O3S. The molecule has 5 rings (SSSR count). The highest BCUT2D eigenvalue weighted by molar-refractivity contribution is 7.99. The number of fused-ring (bicyclic) bond motifs is 4. The van der Waals surface area contributed by atoms with Gasteiger partial charge in [0.25, 0.3) is 0 Å². The number of amides is 1. The normalized spacial score (nSPS) is 12.6. The van der Waals surface area contributed by atoms with Crippen molar-refractivity contribution >= 4 is 34.2 Å². The number of ether oxygens (including phenoxy) is 2. The molecule has 1 aliphatic rings. The fraction of sp³-hybridized carbons (Fsp3) is 0.261. The molecule has 2 aromatic heterocycles. The van der Waals surface area contributed by atoms with E-state index in [1.165, 1.54) is 22.9 Å². The van der Waals surface area contributed by atoms with Gasteiger partial charge in [-0.15, -0.1) is 10.2 Å². The highest BCUT2D eigenvalue weighted by atomic mass is 32.2. The quantitative estimate of drug-likeness (QED) is 0.480. The Labute approximate surface area is 183 Å². The van der Waals surface area contributed by atoms with Gasteiger partial charge in [-0.1, -0.05) is 30.0 Å². The average Bonchev–Trinajstić information content (AvgIpc) is 3.40. The van der Waals surface area contributed by atoms with Gasteiger partial charge in [0, 0.05) is 6.54 Å². The summed E-state index contributed by atoms with van der Waals surface area (Å²) in [5.74, 6) is 1.64. The Morgan fingerprint density at radius 1 is 1.06 bits per heavy atom. The smallest absolute Gasteiger partial charge is 0.231 e. The first-order valence-corrected chi connectivity index (χ1v) is 11.0. The van der Waals surface area contributed by atoms with Crippen LogP contribution < -0.4 is 14.8 Å². The minimum atomic E-state index is -0.0655. The van der Waals surface area contributed by atoms with Gasteiger partial charge in [-0.05, 0) is 66.6 Å². The van der Waals surface area contributed by atoms with E-state index < -0.39 is 0 Å². The molecule has 0 atom stereocenters. The molecule has 4 aromatic rings. The van der Waals surface area contributed by atoms with Crippen LogP contribution in [0.1, 0.15) is 22.3 Å². The van der Waals surface area contributed by atoms with E-state index in [0.29, 0.717) is 12.3 Å². The maximum atomic E-state index is 12.5. The van der Waals surface area contributed by atoms with Gasteiger partial charge in [0.2, 0.25) is 12.7 Å². The van der Waals surface area contributed by atoms with Crippen LogP contribution in [-0.4, -0.2) is 33.1 Å². The summed E-state index contributed by atoms with van der Waals surface area (Å²) in [5, 5.41) is 13.6. The second kappa shape index (κ2) is 7.77. The summed E-state index contributed by atoms with van der Waals surface area (Å²) < 4.78 is 12.8. The van der Waals surface area contributed by atoms with Crippen LogP contribution in [0.4, 0.5) is 0 Å². The van der Waals surface area contributed by atoms with Crippen molar-refractivity contribution in [2.45, 2.75) is 32.5 Å². The Hall–Kier alpha value is -3.26. The molecule has 0 unspecified atom stereocenters. The summed E-state index contributed by atoms with van der Waals surface area (Å²) in [7, 11) is 0. The number of thioether (sulfide) groups is 1. The van der Waals surface area contributed by atoms with E-state index in [1.54, 1.807) is 0 Å². The van der Waals surface area contributed by atoms with E-state index in [2.05, 4.69) is 52.0 Å². The van der Waals surface area contributed by atoms with Crippen molar-refractivity contribution in [3.63, 3.8) is 0 Å². The van der Waals surface area contributed by atoms with E-state index >= 15 is 0 Å². The maximum absolute atomic E-state index is 12.5. The zero-order chi connectivity index (χ0) is 21.5. The third-order valence-corrected chi connectivity index (χ3v) is 6.50. The second-order valence-corrected chi connectivity index (χ2v) is 8.61.